The van der Waals surface area contributed by atoms with Gasteiger partial charge in [0.2, 0.25) is 0 Å². The van der Waals surface area contributed by atoms with Crippen LogP contribution in [-0.4, -0.2) is 71.2 Å². The summed E-state index contributed by atoms with van der Waals surface area (Å²) in [5.41, 5.74) is 4.64. The number of aromatic nitrogens is 6. The number of nitrogens with one attached hydrogen (secondary N) is 1. The Labute approximate surface area is 198 Å². The van der Waals surface area contributed by atoms with Gasteiger partial charge in [-0.05, 0) is 39.3 Å². The molecule has 0 aliphatic carbocycles. The number of β-amino-alcohol motifs (C(OH)–C–C–N with tert-alkyl or cyclic N) is 1. The van der Waals surface area contributed by atoms with E-state index in [1.165, 1.54) is 0 Å². The van der Waals surface area contributed by atoms with Crippen molar-refractivity contribution in [3.8, 4) is 17.0 Å². The predicted octanol–water partition coefficient (Wildman–Crippen LogP) is 2.72. The SMILES string of the molecule is Cc1ncc(Nc2cc3cc(-c4c(OC[C@H]5CCN5C[C@H](C)O)cnn4C)ccn3n2)nc1C. The summed E-state index contributed by atoms with van der Waals surface area (Å²) in [4.78, 5) is 11.1. The van der Waals surface area contributed by atoms with Crippen molar-refractivity contribution in [3.63, 3.8) is 0 Å². The van der Waals surface area contributed by atoms with Gasteiger partial charge in [0, 0.05) is 44.0 Å². The molecule has 1 aliphatic heterocycles. The van der Waals surface area contributed by atoms with Crippen molar-refractivity contribution in [2.24, 2.45) is 7.05 Å². The minimum absolute atomic E-state index is 0.321. The summed E-state index contributed by atoms with van der Waals surface area (Å²) in [6, 6.07) is 6.37. The molecule has 0 saturated carbocycles. The quantitative estimate of drug-likeness (QED) is 0.412. The molecule has 0 bridgehead atoms. The number of hydrogen-bond acceptors (Lipinski definition) is 8. The van der Waals surface area contributed by atoms with Crippen LogP contribution in [0.1, 0.15) is 24.7 Å². The fraction of sp³-hybridized carbons (Fsp3) is 0.417. The van der Waals surface area contributed by atoms with Crippen LogP contribution in [-0.2, 0) is 7.05 Å². The van der Waals surface area contributed by atoms with E-state index in [1.807, 2.05) is 55.3 Å². The summed E-state index contributed by atoms with van der Waals surface area (Å²) in [7, 11) is 1.91. The summed E-state index contributed by atoms with van der Waals surface area (Å²) in [6.07, 6.45) is 6.14. The highest BCUT2D eigenvalue weighted by Gasteiger charge is 2.29. The maximum absolute atomic E-state index is 9.67. The number of hydrogen-bond donors (Lipinski definition) is 2. The van der Waals surface area contributed by atoms with Crippen molar-refractivity contribution in [3.05, 3.63) is 48.2 Å². The smallest absolute Gasteiger partial charge is 0.165 e. The molecule has 0 spiro atoms. The molecule has 0 aromatic carbocycles. The number of pyridine rings is 1. The van der Waals surface area contributed by atoms with Gasteiger partial charge >= 0.3 is 0 Å². The molecule has 4 aromatic heterocycles. The van der Waals surface area contributed by atoms with Gasteiger partial charge < -0.3 is 15.2 Å². The Morgan fingerprint density at radius 1 is 1.21 bits per heavy atom. The number of aryl methyl sites for hydroxylation is 3. The van der Waals surface area contributed by atoms with Gasteiger partial charge in [-0.25, -0.2) is 9.50 Å². The van der Waals surface area contributed by atoms with E-state index in [0.717, 1.165) is 46.9 Å². The Balaban J connectivity index is 1.34. The van der Waals surface area contributed by atoms with Gasteiger partial charge in [-0.2, -0.15) is 10.2 Å². The number of rotatable bonds is 8. The van der Waals surface area contributed by atoms with Crippen LogP contribution in [0.2, 0.25) is 0 Å². The van der Waals surface area contributed by atoms with Crippen molar-refractivity contribution in [2.45, 2.75) is 39.3 Å². The molecule has 34 heavy (non-hydrogen) atoms. The second-order valence-corrected chi connectivity index (χ2v) is 8.94. The molecule has 178 valence electrons. The van der Waals surface area contributed by atoms with E-state index in [4.69, 9.17) is 4.74 Å². The van der Waals surface area contributed by atoms with Gasteiger partial charge in [0.05, 0.1) is 35.4 Å². The van der Waals surface area contributed by atoms with Crippen molar-refractivity contribution < 1.29 is 9.84 Å². The minimum Gasteiger partial charge on any atom is -0.488 e. The Morgan fingerprint density at radius 2 is 2.06 bits per heavy atom. The topological polar surface area (TPSA) is 106 Å². The van der Waals surface area contributed by atoms with Gasteiger partial charge in [0.25, 0.3) is 0 Å². The van der Waals surface area contributed by atoms with Crippen molar-refractivity contribution in [1.29, 1.82) is 0 Å². The molecular weight excluding hydrogens is 432 g/mol. The highest BCUT2D eigenvalue weighted by Crippen LogP contribution is 2.31. The minimum atomic E-state index is -0.333. The normalized spacial score (nSPS) is 17.0. The number of ether oxygens (including phenoxy) is 1. The summed E-state index contributed by atoms with van der Waals surface area (Å²) in [5.74, 6) is 2.10. The molecule has 0 radical (unpaired) electrons. The number of fused-ring (bicyclic) bond motifs is 1. The summed E-state index contributed by atoms with van der Waals surface area (Å²) in [5, 5.41) is 21.9. The van der Waals surface area contributed by atoms with Crippen LogP contribution in [0, 0.1) is 13.8 Å². The molecule has 10 heteroatoms. The molecule has 0 unspecified atom stereocenters. The monoisotopic (exact) mass is 462 g/mol. The summed E-state index contributed by atoms with van der Waals surface area (Å²) >= 11 is 0. The van der Waals surface area contributed by atoms with Gasteiger partial charge in [0.1, 0.15) is 18.1 Å². The van der Waals surface area contributed by atoms with Crippen LogP contribution in [0.4, 0.5) is 11.6 Å². The molecule has 4 aromatic rings. The zero-order chi connectivity index (χ0) is 23.8. The number of likely N-dealkylation sites (tertiary alicyclic amines) is 1. The first-order valence-electron chi connectivity index (χ1n) is 11.5. The Kier molecular flexibility index (Phi) is 5.93. The second-order valence-electron chi connectivity index (χ2n) is 8.94. The third kappa shape index (κ3) is 4.46. The molecule has 5 heterocycles. The van der Waals surface area contributed by atoms with Gasteiger partial charge in [-0.15, -0.1) is 0 Å². The van der Waals surface area contributed by atoms with Crippen molar-refractivity contribution in [1.82, 2.24) is 34.3 Å². The zero-order valence-electron chi connectivity index (χ0n) is 19.9. The third-order valence-corrected chi connectivity index (χ3v) is 6.29. The highest BCUT2D eigenvalue weighted by atomic mass is 16.5. The largest absolute Gasteiger partial charge is 0.488 e. The van der Waals surface area contributed by atoms with E-state index in [2.05, 4.69) is 36.4 Å². The standard InChI is InChI=1S/C24H30N8O2/c1-15(33)13-31-7-6-19(31)14-34-21-11-26-30(4)24(21)18-5-8-32-20(9-18)10-22(29-32)28-23-12-25-16(2)17(3)27-23/h5,8-12,15,19,33H,6-7,13-14H2,1-4H3,(H,27,28,29)/t15-,19+/m0/s1. The van der Waals surface area contributed by atoms with Gasteiger partial charge in [-0.3, -0.25) is 14.6 Å². The maximum atomic E-state index is 9.67. The average Bonchev–Trinajstić information content (AvgIpc) is 3.35. The second kappa shape index (κ2) is 9.03. The van der Waals surface area contributed by atoms with Crippen LogP contribution in [0.3, 0.4) is 0 Å². The highest BCUT2D eigenvalue weighted by molar-refractivity contribution is 5.72. The van der Waals surface area contributed by atoms with Crippen molar-refractivity contribution in [2.75, 3.05) is 25.0 Å². The van der Waals surface area contributed by atoms with E-state index in [1.54, 1.807) is 12.4 Å². The van der Waals surface area contributed by atoms with Crippen LogP contribution in [0.15, 0.2) is 36.8 Å². The first kappa shape index (κ1) is 22.3. The van der Waals surface area contributed by atoms with E-state index >= 15 is 0 Å². The van der Waals surface area contributed by atoms with E-state index in [9.17, 15) is 5.11 Å². The lowest BCUT2D eigenvalue weighted by atomic mass is 10.0. The first-order chi connectivity index (χ1) is 16.4. The third-order valence-electron chi connectivity index (χ3n) is 6.29. The Morgan fingerprint density at radius 3 is 2.79 bits per heavy atom. The fourth-order valence-electron chi connectivity index (χ4n) is 4.24. The van der Waals surface area contributed by atoms with Gasteiger partial charge in [0.15, 0.2) is 11.6 Å². The lowest BCUT2D eigenvalue weighted by Crippen LogP contribution is -2.53. The molecule has 0 amide bonds. The van der Waals surface area contributed by atoms with Gasteiger partial charge in [-0.1, -0.05) is 0 Å². The van der Waals surface area contributed by atoms with E-state index in [0.29, 0.717) is 30.8 Å². The molecule has 10 nitrogen and oxygen atoms in total. The fourth-order valence-corrected chi connectivity index (χ4v) is 4.24. The molecule has 2 N–H and O–H groups in total. The van der Waals surface area contributed by atoms with Crippen molar-refractivity contribution >= 4 is 17.2 Å². The number of aliphatic hydroxyl groups is 1. The molecular formula is C24H30N8O2. The van der Waals surface area contributed by atoms with E-state index in [-0.39, 0.29) is 6.10 Å². The van der Waals surface area contributed by atoms with E-state index < -0.39 is 0 Å². The van der Waals surface area contributed by atoms with Crippen LogP contribution in [0.25, 0.3) is 16.8 Å². The molecule has 1 aliphatic rings. The predicted molar refractivity (Wildman–Crippen MR) is 129 cm³/mol. The lowest BCUT2D eigenvalue weighted by molar-refractivity contribution is 0.0147. The number of anilines is 2. The average molecular weight is 463 g/mol. The lowest BCUT2D eigenvalue weighted by Gasteiger charge is -2.41. The molecule has 2 atom stereocenters. The Hall–Kier alpha value is -3.50. The van der Waals surface area contributed by atoms with Crippen LogP contribution in [0.5, 0.6) is 5.75 Å². The van der Waals surface area contributed by atoms with Crippen LogP contribution >= 0.6 is 0 Å². The first-order valence-corrected chi connectivity index (χ1v) is 11.5. The molecule has 1 fully saturated rings. The number of aliphatic hydroxyl groups excluding tert-OH is 1. The Bertz CT molecular complexity index is 1310. The number of nitrogens with zero attached hydrogens (tertiary/aromatic N) is 7. The summed E-state index contributed by atoms with van der Waals surface area (Å²) < 4.78 is 9.84. The molecule has 5 rings (SSSR count). The summed E-state index contributed by atoms with van der Waals surface area (Å²) in [6.45, 7) is 7.94. The zero-order valence-corrected chi connectivity index (χ0v) is 19.9. The maximum Gasteiger partial charge on any atom is 0.165 e. The van der Waals surface area contributed by atoms with Crippen LogP contribution < -0.4 is 10.1 Å². The molecule has 1 saturated heterocycles.